The van der Waals surface area contributed by atoms with Gasteiger partial charge in [-0.05, 0) is 35.4 Å². The molecule has 2 atom stereocenters. The Balaban J connectivity index is 1.72. The maximum Gasteiger partial charge on any atom is 0.250 e. The van der Waals surface area contributed by atoms with Crippen molar-refractivity contribution in [2.75, 3.05) is 39.4 Å². The number of ether oxygens (including phenoxy) is 3. The highest BCUT2D eigenvalue weighted by atomic mass is 16.5. The molecule has 0 saturated carbocycles. The highest BCUT2D eigenvalue weighted by Gasteiger charge is 2.34. The molecule has 1 heterocycles. The molecular formula is C22H26N2O6. The second-order valence-corrected chi connectivity index (χ2v) is 7.00. The third-order valence-corrected chi connectivity index (χ3v) is 4.92. The number of morpholine rings is 1. The Morgan fingerprint density at radius 1 is 1.20 bits per heavy atom. The van der Waals surface area contributed by atoms with E-state index in [1.807, 2.05) is 24.3 Å². The average molecular weight is 414 g/mol. The van der Waals surface area contributed by atoms with Crippen molar-refractivity contribution < 1.29 is 28.9 Å². The molecule has 0 spiro atoms. The van der Waals surface area contributed by atoms with Gasteiger partial charge in [0.25, 0.3) is 0 Å². The number of aliphatic hydroxyl groups excluding tert-OH is 1. The number of anilines is 1. The van der Waals surface area contributed by atoms with Gasteiger partial charge in [-0.3, -0.25) is 9.59 Å². The van der Waals surface area contributed by atoms with Crippen LogP contribution in [0.15, 0.2) is 48.5 Å². The summed E-state index contributed by atoms with van der Waals surface area (Å²) < 4.78 is 15.4. The van der Waals surface area contributed by atoms with E-state index in [2.05, 4.69) is 5.32 Å². The second kappa shape index (κ2) is 10.2. The molecular weight excluding hydrogens is 388 g/mol. The molecule has 8 heteroatoms. The lowest BCUT2D eigenvalue weighted by Crippen LogP contribution is -2.51. The highest BCUT2D eigenvalue weighted by molar-refractivity contribution is 5.91. The number of rotatable bonds is 8. The number of amides is 2. The average Bonchev–Trinajstić information content (AvgIpc) is 2.76. The Bertz CT molecular complexity index is 853. The van der Waals surface area contributed by atoms with E-state index < -0.39 is 12.1 Å². The molecule has 0 aromatic heterocycles. The number of aliphatic hydroxyl groups is 1. The first-order chi connectivity index (χ1) is 14.5. The number of nitrogens with one attached hydrogen (secondary N) is 1. The van der Waals surface area contributed by atoms with Gasteiger partial charge in [-0.15, -0.1) is 0 Å². The summed E-state index contributed by atoms with van der Waals surface area (Å²) in [5.74, 6) is 0.300. The van der Waals surface area contributed by atoms with E-state index in [-0.39, 0.29) is 31.6 Å². The Morgan fingerprint density at radius 2 is 1.90 bits per heavy atom. The Labute approximate surface area is 175 Å². The van der Waals surface area contributed by atoms with Crippen molar-refractivity contribution >= 4 is 17.5 Å². The van der Waals surface area contributed by atoms with Gasteiger partial charge in [-0.1, -0.05) is 24.3 Å². The number of benzene rings is 2. The summed E-state index contributed by atoms with van der Waals surface area (Å²) in [6.07, 6.45) is -0.934. The number of carbonyl (C=O) groups excluding carboxylic acids is 2. The van der Waals surface area contributed by atoms with Crippen LogP contribution in [-0.2, 0) is 25.6 Å². The SMILES string of the molecule is COCC(=O)Nc1ccc(C(O)C2COCC(=O)N2Cc2ccc(OC)cc2)cc1. The zero-order valence-electron chi connectivity index (χ0n) is 17.0. The molecule has 2 unspecified atom stereocenters. The number of carbonyl (C=O) groups is 2. The fraction of sp³-hybridized carbons (Fsp3) is 0.364. The summed E-state index contributed by atoms with van der Waals surface area (Å²) >= 11 is 0. The normalized spacial score (nSPS) is 17.5. The maximum atomic E-state index is 12.5. The zero-order chi connectivity index (χ0) is 21.5. The summed E-state index contributed by atoms with van der Waals surface area (Å²) in [6, 6.07) is 13.8. The first-order valence-electron chi connectivity index (χ1n) is 9.58. The lowest BCUT2D eigenvalue weighted by molar-refractivity contribution is -0.155. The smallest absolute Gasteiger partial charge is 0.250 e. The van der Waals surface area contributed by atoms with Gasteiger partial charge in [-0.2, -0.15) is 0 Å². The maximum absolute atomic E-state index is 12.5. The molecule has 30 heavy (non-hydrogen) atoms. The molecule has 1 saturated heterocycles. The van der Waals surface area contributed by atoms with Crippen LogP contribution in [0, 0.1) is 0 Å². The molecule has 160 valence electrons. The van der Waals surface area contributed by atoms with E-state index in [0.717, 1.165) is 11.3 Å². The van der Waals surface area contributed by atoms with Crippen LogP contribution in [0.2, 0.25) is 0 Å². The summed E-state index contributed by atoms with van der Waals surface area (Å²) in [5, 5.41) is 13.7. The van der Waals surface area contributed by atoms with Gasteiger partial charge < -0.3 is 29.5 Å². The number of hydrogen-bond acceptors (Lipinski definition) is 6. The molecule has 3 rings (SSSR count). The molecule has 8 nitrogen and oxygen atoms in total. The Kier molecular flexibility index (Phi) is 7.40. The fourth-order valence-corrected chi connectivity index (χ4v) is 3.33. The Morgan fingerprint density at radius 3 is 2.53 bits per heavy atom. The van der Waals surface area contributed by atoms with Crippen molar-refractivity contribution in [3.8, 4) is 5.75 Å². The number of hydrogen-bond donors (Lipinski definition) is 2. The van der Waals surface area contributed by atoms with Crippen LogP contribution in [0.1, 0.15) is 17.2 Å². The first kappa shape index (κ1) is 21.8. The molecule has 2 N–H and O–H groups in total. The quantitative estimate of drug-likeness (QED) is 0.683. The van der Waals surface area contributed by atoms with Gasteiger partial charge >= 0.3 is 0 Å². The molecule has 1 aliphatic heterocycles. The lowest BCUT2D eigenvalue weighted by atomic mass is 9.99. The van der Waals surface area contributed by atoms with Crippen molar-refractivity contribution in [2.24, 2.45) is 0 Å². The van der Waals surface area contributed by atoms with Gasteiger partial charge in [0.05, 0.1) is 19.8 Å². The van der Waals surface area contributed by atoms with E-state index in [1.165, 1.54) is 7.11 Å². The van der Waals surface area contributed by atoms with Crippen molar-refractivity contribution in [2.45, 2.75) is 18.7 Å². The molecule has 2 aromatic rings. The molecule has 0 bridgehead atoms. The van der Waals surface area contributed by atoms with Crippen LogP contribution in [0.25, 0.3) is 0 Å². The monoisotopic (exact) mass is 414 g/mol. The topological polar surface area (TPSA) is 97.3 Å². The van der Waals surface area contributed by atoms with Crippen LogP contribution in [-0.4, -0.2) is 61.9 Å². The number of nitrogens with zero attached hydrogens (tertiary/aromatic N) is 1. The van der Waals surface area contributed by atoms with E-state index in [0.29, 0.717) is 17.8 Å². The predicted molar refractivity (Wildman–Crippen MR) is 110 cm³/mol. The summed E-state index contributed by atoms with van der Waals surface area (Å²) in [4.78, 5) is 25.8. The van der Waals surface area contributed by atoms with Crippen LogP contribution in [0.4, 0.5) is 5.69 Å². The minimum Gasteiger partial charge on any atom is -0.497 e. The summed E-state index contributed by atoms with van der Waals surface area (Å²) in [7, 11) is 3.05. The molecule has 0 aliphatic carbocycles. The standard InChI is InChI=1S/C22H26N2O6/c1-28-13-20(25)23-17-7-5-16(6-8-17)22(27)19-12-30-14-21(26)24(19)11-15-3-9-18(29-2)10-4-15/h3-10,19,22,27H,11-14H2,1-2H3,(H,23,25). The van der Waals surface area contributed by atoms with Crippen LogP contribution >= 0.6 is 0 Å². The minimum absolute atomic E-state index is 0.0101. The van der Waals surface area contributed by atoms with Crippen LogP contribution < -0.4 is 10.1 Å². The van der Waals surface area contributed by atoms with E-state index in [4.69, 9.17) is 14.2 Å². The van der Waals surface area contributed by atoms with Crippen molar-refractivity contribution in [1.82, 2.24) is 4.90 Å². The van der Waals surface area contributed by atoms with Gasteiger partial charge in [0, 0.05) is 19.3 Å². The van der Waals surface area contributed by atoms with Crippen LogP contribution in [0.3, 0.4) is 0 Å². The predicted octanol–water partition coefficient (Wildman–Crippen LogP) is 1.74. The lowest BCUT2D eigenvalue weighted by Gasteiger charge is -2.38. The summed E-state index contributed by atoms with van der Waals surface area (Å²) in [6.45, 7) is 0.546. The fourth-order valence-electron chi connectivity index (χ4n) is 3.33. The third kappa shape index (κ3) is 5.35. The second-order valence-electron chi connectivity index (χ2n) is 7.00. The van der Waals surface area contributed by atoms with Crippen molar-refractivity contribution in [1.29, 1.82) is 0 Å². The Hall–Kier alpha value is -2.94. The molecule has 2 aromatic carbocycles. The van der Waals surface area contributed by atoms with Crippen molar-refractivity contribution in [3.63, 3.8) is 0 Å². The highest BCUT2D eigenvalue weighted by Crippen LogP contribution is 2.27. The van der Waals surface area contributed by atoms with E-state index >= 15 is 0 Å². The zero-order valence-corrected chi connectivity index (χ0v) is 17.0. The number of methoxy groups -OCH3 is 2. The molecule has 1 fully saturated rings. The third-order valence-electron chi connectivity index (χ3n) is 4.92. The molecule has 1 aliphatic rings. The van der Waals surface area contributed by atoms with Gasteiger partial charge in [-0.25, -0.2) is 0 Å². The van der Waals surface area contributed by atoms with E-state index in [1.54, 1.807) is 36.3 Å². The minimum atomic E-state index is -0.934. The van der Waals surface area contributed by atoms with Gasteiger partial charge in [0.2, 0.25) is 11.8 Å². The van der Waals surface area contributed by atoms with Gasteiger partial charge in [0.15, 0.2) is 0 Å². The van der Waals surface area contributed by atoms with Crippen LogP contribution in [0.5, 0.6) is 5.75 Å². The summed E-state index contributed by atoms with van der Waals surface area (Å²) in [5.41, 5.74) is 2.15. The first-order valence-corrected chi connectivity index (χ1v) is 9.58. The van der Waals surface area contributed by atoms with Crippen molar-refractivity contribution in [3.05, 3.63) is 59.7 Å². The molecule has 2 amide bonds. The molecule has 0 radical (unpaired) electrons. The largest absolute Gasteiger partial charge is 0.497 e. The van der Waals surface area contributed by atoms with E-state index in [9.17, 15) is 14.7 Å². The van der Waals surface area contributed by atoms with Gasteiger partial charge in [0.1, 0.15) is 25.1 Å².